The van der Waals surface area contributed by atoms with Gasteiger partial charge in [-0.2, -0.15) is 0 Å². The van der Waals surface area contributed by atoms with Gasteiger partial charge >= 0.3 is 0 Å². The van der Waals surface area contributed by atoms with Gasteiger partial charge in [-0.3, -0.25) is 14.9 Å². The molecule has 5 heteroatoms. The number of aryl methyl sites for hydroxylation is 1. The summed E-state index contributed by atoms with van der Waals surface area (Å²) in [5.41, 5.74) is 2.83. The number of anilines is 1. The fourth-order valence-electron chi connectivity index (χ4n) is 2.77. The molecule has 0 atom stereocenters. The summed E-state index contributed by atoms with van der Waals surface area (Å²) in [6.07, 6.45) is 1.84. The first-order valence-corrected chi connectivity index (χ1v) is 7.27. The van der Waals surface area contributed by atoms with Crippen LogP contribution in [0.2, 0.25) is 0 Å². The largest absolute Gasteiger partial charge is 0.312 e. The van der Waals surface area contributed by atoms with Crippen molar-refractivity contribution in [3.63, 3.8) is 0 Å². The topological polar surface area (TPSA) is 63.5 Å². The number of hydrogen-bond acceptors (Lipinski definition) is 3. The summed E-state index contributed by atoms with van der Waals surface area (Å²) >= 11 is 0. The Balaban J connectivity index is 1.73. The van der Waals surface area contributed by atoms with E-state index >= 15 is 0 Å². The third-order valence-electron chi connectivity index (χ3n) is 3.95. The maximum absolute atomic E-state index is 12.4. The summed E-state index contributed by atoms with van der Waals surface area (Å²) in [7, 11) is 0. The van der Waals surface area contributed by atoms with Crippen molar-refractivity contribution in [2.45, 2.75) is 19.3 Å². The zero-order valence-electron chi connectivity index (χ0n) is 12.1. The van der Waals surface area contributed by atoms with Gasteiger partial charge in [-0.25, -0.2) is 0 Å². The highest BCUT2D eigenvalue weighted by Gasteiger charge is 2.26. The highest BCUT2D eigenvalue weighted by atomic mass is 16.6. The minimum absolute atomic E-state index is 0.0168. The fraction of sp³-hybridized carbons (Fsp3) is 0.235. The normalized spacial score (nSPS) is 13.0. The van der Waals surface area contributed by atoms with Gasteiger partial charge in [-0.15, -0.1) is 0 Å². The van der Waals surface area contributed by atoms with E-state index < -0.39 is 4.92 Å². The predicted octanol–water partition coefficient (Wildman–Crippen LogP) is 3.12. The van der Waals surface area contributed by atoms with Crippen molar-refractivity contribution >= 4 is 17.3 Å². The lowest BCUT2D eigenvalue weighted by Crippen LogP contribution is -2.29. The summed E-state index contributed by atoms with van der Waals surface area (Å²) < 4.78 is 0. The first-order valence-electron chi connectivity index (χ1n) is 7.27. The molecule has 0 aromatic heterocycles. The van der Waals surface area contributed by atoms with Crippen LogP contribution in [0.15, 0.2) is 48.5 Å². The number of benzene rings is 2. The van der Waals surface area contributed by atoms with Crippen LogP contribution in [-0.2, 0) is 17.6 Å². The molecule has 0 N–H and O–H groups in total. The number of fused-ring (bicyclic) bond motifs is 1. The number of rotatable bonds is 4. The molecular formula is C17H16N2O3. The number of nitro groups is 1. The Morgan fingerprint density at radius 2 is 1.95 bits per heavy atom. The van der Waals surface area contributed by atoms with Crippen molar-refractivity contribution in [2.75, 3.05) is 11.4 Å². The molecule has 1 heterocycles. The molecule has 3 rings (SSSR count). The monoisotopic (exact) mass is 296 g/mol. The number of hydrogen-bond donors (Lipinski definition) is 0. The van der Waals surface area contributed by atoms with E-state index in [1.165, 1.54) is 12.1 Å². The van der Waals surface area contributed by atoms with Crippen LogP contribution in [0.5, 0.6) is 0 Å². The van der Waals surface area contributed by atoms with Crippen molar-refractivity contribution in [1.29, 1.82) is 0 Å². The van der Waals surface area contributed by atoms with Crippen LogP contribution < -0.4 is 4.90 Å². The lowest BCUT2D eigenvalue weighted by Gasteiger charge is -2.17. The molecule has 0 fully saturated rings. The second kappa shape index (κ2) is 5.97. The van der Waals surface area contributed by atoms with Crippen molar-refractivity contribution in [3.05, 3.63) is 69.8 Å². The molecule has 0 spiro atoms. The third-order valence-corrected chi connectivity index (χ3v) is 3.95. The molecule has 22 heavy (non-hydrogen) atoms. The molecule has 0 saturated heterocycles. The molecule has 1 amide bonds. The minimum Gasteiger partial charge on any atom is -0.312 e. The highest BCUT2D eigenvalue weighted by molar-refractivity contribution is 5.96. The van der Waals surface area contributed by atoms with Crippen LogP contribution in [0.25, 0.3) is 0 Å². The Morgan fingerprint density at radius 1 is 1.18 bits per heavy atom. The van der Waals surface area contributed by atoms with Crippen molar-refractivity contribution in [1.82, 2.24) is 0 Å². The first-order chi connectivity index (χ1) is 10.6. The Morgan fingerprint density at radius 3 is 2.68 bits per heavy atom. The number of amides is 1. The summed E-state index contributed by atoms with van der Waals surface area (Å²) in [6, 6.07) is 14.6. The van der Waals surface area contributed by atoms with Gasteiger partial charge in [0.1, 0.15) is 0 Å². The van der Waals surface area contributed by atoms with Gasteiger partial charge in [0.25, 0.3) is 5.69 Å². The lowest BCUT2D eigenvalue weighted by atomic mass is 10.1. The number of nitrogens with zero attached hydrogens (tertiary/aromatic N) is 2. The fourth-order valence-corrected chi connectivity index (χ4v) is 2.77. The van der Waals surface area contributed by atoms with Crippen molar-refractivity contribution < 1.29 is 9.72 Å². The van der Waals surface area contributed by atoms with Crippen LogP contribution in [0.3, 0.4) is 0 Å². The van der Waals surface area contributed by atoms with Crippen LogP contribution in [0, 0.1) is 10.1 Å². The standard InChI is InChI=1S/C17H16N2O3/c20-17(9-6-13-4-2-1-3-5-13)18-11-10-14-7-8-15(19(21)22)12-16(14)18/h1-5,7-8,12H,6,9-11H2. The maximum Gasteiger partial charge on any atom is 0.271 e. The molecule has 0 unspecified atom stereocenters. The van der Waals surface area contributed by atoms with Gasteiger partial charge in [0.2, 0.25) is 5.91 Å². The van der Waals surface area contributed by atoms with Gasteiger partial charge in [-0.05, 0) is 24.0 Å². The highest BCUT2D eigenvalue weighted by Crippen LogP contribution is 2.32. The van der Waals surface area contributed by atoms with Gasteiger partial charge in [0.15, 0.2) is 0 Å². The minimum atomic E-state index is -0.425. The average Bonchev–Trinajstić information content (AvgIpc) is 2.96. The second-order valence-corrected chi connectivity index (χ2v) is 5.35. The molecule has 112 valence electrons. The SMILES string of the molecule is O=C(CCc1ccccc1)N1CCc2ccc([N+](=O)[O-])cc21. The number of nitro benzene ring substituents is 1. The van der Waals surface area contributed by atoms with Gasteiger partial charge in [-0.1, -0.05) is 36.4 Å². The van der Waals surface area contributed by atoms with Crippen molar-refractivity contribution in [2.24, 2.45) is 0 Å². The Labute approximate surface area is 128 Å². The van der Waals surface area contributed by atoms with E-state index in [1.807, 2.05) is 30.3 Å². The Hall–Kier alpha value is -2.69. The molecule has 0 saturated carbocycles. The molecule has 0 radical (unpaired) electrons. The number of non-ortho nitro benzene ring substituents is 1. The van der Waals surface area contributed by atoms with E-state index in [0.29, 0.717) is 25.1 Å². The van der Waals surface area contributed by atoms with E-state index in [1.54, 1.807) is 11.0 Å². The molecule has 2 aromatic rings. The molecule has 0 bridgehead atoms. The summed E-state index contributed by atoms with van der Waals surface area (Å²) in [5, 5.41) is 10.9. The third kappa shape index (κ3) is 2.83. The average molecular weight is 296 g/mol. The van der Waals surface area contributed by atoms with E-state index in [-0.39, 0.29) is 11.6 Å². The first kappa shape index (κ1) is 14.3. The number of carbonyl (C=O) groups is 1. The van der Waals surface area contributed by atoms with Crippen LogP contribution >= 0.6 is 0 Å². The number of carbonyl (C=O) groups excluding carboxylic acids is 1. The molecule has 2 aromatic carbocycles. The van der Waals surface area contributed by atoms with Crippen LogP contribution in [0.1, 0.15) is 17.5 Å². The zero-order valence-corrected chi connectivity index (χ0v) is 12.1. The quantitative estimate of drug-likeness (QED) is 0.643. The predicted molar refractivity (Wildman–Crippen MR) is 83.9 cm³/mol. The summed E-state index contributed by atoms with van der Waals surface area (Å²) in [6.45, 7) is 0.601. The smallest absolute Gasteiger partial charge is 0.271 e. The van der Waals surface area contributed by atoms with E-state index in [0.717, 1.165) is 17.5 Å². The summed E-state index contributed by atoms with van der Waals surface area (Å²) in [5.74, 6) is 0.0168. The Bertz CT molecular complexity index is 713. The molecule has 5 nitrogen and oxygen atoms in total. The van der Waals surface area contributed by atoms with Gasteiger partial charge < -0.3 is 4.90 Å². The van der Waals surface area contributed by atoms with Crippen molar-refractivity contribution in [3.8, 4) is 0 Å². The maximum atomic E-state index is 12.4. The van der Waals surface area contributed by atoms with E-state index in [9.17, 15) is 14.9 Å². The molecule has 0 aliphatic carbocycles. The Kier molecular flexibility index (Phi) is 3.87. The van der Waals surface area contributed by atoms with E-state index in [2.05, 4.69) is 0 Å². The van der Waals surface area contributed by atoms with E-state index in [4.69, 9.17) is 0 Å². The molecule has 1 aliphatic heterocycles. The lowest BCUT2D eigenvalue weighted by molar-refractivity contribution is -0.384. The van der Waals surface area contributed by atoms with Gasteiger partial charge in [0, 0.05) is 25.1 Å². The molecular weight excluding hydrogens is 280 g/mol. The van der Waals surface area contributed by atoms with Crippen LogP contribution in [-0.4, -0.2) is 17.4 Å². The second-order valence-electron chi connectivity index (χ2n) is 5.35. The summed E-state index contributed by atoms with van der Waals surface area (Å²) in [4.78, 5) is 24.6. The van der Waals surface area contributed by atoms with Gasteiger partial charge in [0.05, 0.1) is 10.6 Å². The van der Waals surface area contributed by atoms with Crippen LogP contribution in [0.4, 0.5) is 11.4 Å². The molecule has 1 aliphatic rings. The zero-order chi connectivity index (χ0) is 15.5.